The van der Waals surface area contributed by atoms with Gasteiger partial charge in [-0.25, -0.2) is 18.6 Å². The second-order valence-corrected chi connectivity index (χ2v) is 9.38. The highest BCUT2D eigenvalue weighted by Crippen LogP contribution is 2.31. The van der Waals surface area contributed by atoms with E-state index < -0.39 is 22.6 Å². The maximum atomic E-state index is 13.3. The number of pyridine rings is 1. The smallest absolute Gasteiger partial charge is 0.300 e. The lowest BCUT2D eigenvalue weighted by molar-refractivity contribution is 0.122. The Kier molecular flexibility index (Phi) is 6.91. The zero-order valence-electron chi connectivity index (χ0n) is 19.9. The lowest BCUT2D eigenvalue weighted by Gasteiger charge is -2.30. The number of nitrogens with zero attached hydrogens (tertiary/aromatic N) is 5. The molecule has 1 aromatic carbocycles. The summed E-state index contributed by atoms with van der Waals surface area (Å²) in [5.41, 5.74) is 1.65. The number of rotatable bonds is 7. The summed E-state index contributed by atoms with van der Waals surface area (Å²) in [4.78, 5) is 27.2. The molecule has 0 spiro atoms. The molecule has 1 atom stereocenters. The highest BCUT2D eigenvalue weighted by atomic mass is 32.2. The number of fused-ring (bicyclic) bond motifs is 1. The van der Waals surface area contributed by atoms with Crippen molar-refractivity contribution < 1.29 is 23.0 Å². The number of anilines is 2. The van der Waals surface area contributed by atoms with Gasteiger partial charge < -0.3 is 19.7 Å². The molecule has 0 bridgehead atoms. The van der Waals surface area contributed by atoms with E-state index in [0.717, 1.165) is 5.56 Å². The first kappa shape index (κ1) is 24.9. The van der Waals surface area contributed by atoms with Gasteiger partial charge >= 0.3 is 5.56 Å². The molecule has 1 unspecified atom stereocenters. The van der Waals surface area contributed by atoms with E-state index in [1.165, 1.54) is 20.8 Å². The van der Waals surface area contributed by atoms with Crippen molar-refractivity contribution in [2.24, 2.45) is 0 Å². The van der Waals surface area contributed by atoms with Gasteiger partial charge in [-0.05, 0) is 30.7 Å². The van der Waals surface area contributed by atoms with Crippen LogP contribution in [0.15, 0.2) is 47.5 Å². The maximum Gasteiger partial charge on any atom is 0.300 e. The van der Waals surface area contributed by atoms with Gasteiger partial charge in [-0.1, -0.05) is 12.1 Å². The summed E-state index contributed by atoms with van der Waals surface area (Å²) in [5.74, 6) is -0.790. The molecule has 194 valence electrons. The number of imidazole rings is 1. The second kappa shape index (κ2) is 10.3. The average Bonchev–Trinajstić information content (AvgIpc) is 3.36. The minimum Gasteiger partial charge on any atom is -0.501 e. The summed E-state index contributed by atoms with van der Waals surface area (Å²) in [7, 11) is 0. The largest absolute Gasteiger partial charge is 0.501 e. The molecule has 37 heavy (non-hydrogen) atoms. The Morgan fingerprint density at radius 3 is 2.65 bits per heavy atom. The molecule has 1 aliphatic rings. The van der Waals surface area contributed by atoms with Crippen LogP contribution >= 0.6 is 0 Å². The number of hydrogen-bond acceptors (Lipinski definition) is 7. The molecule has 3 N–H and O–H groups in total. The summed E-state index contributed by atoms with van der Waals surface area (Å²) >= 11 is -2.38. The van der Waals surface area contributed by atoms with E-state index >= 15 is 0 Å². The Morgan fingerprint density at radius 2 is 1.97 bits per heavy atom. The number of ether oxygens (including phenoxy) is 1. The lowest BCUT2D eigenvalue weighted by atomic mass is 10.1. The van der Waals surface area contributed by atoms with Gasteiger partial charge in [-0.15, -0.1) is 0 Å². The van der Waals surface area contributed by atoms with Gasteiger partial charge in [0.2, 0.25) is 5.75 Å². The van der Waals surface area contributed by atoms with E-state index in [1.807, 2.05) is 4.90 Å². The third-order valence-electron chi connectivity index (χ3n) is 6.15. The van der Waals surface area contributed by atoms with Gasteiger partial charge in [0.25, 0.3) is 11.3 Å². The van der Waals surface area contributed by atoms with Crippen molar-refractivity contribution >= 4 is 28.3 Å². The Bertz CT molecular complexity index is 1520. The first-order valence-corrected chi connectivity index (χ1v) is 12.7. The van der Waals surface area contributed by atoms with Crippen LogP contribution in [-0.2, 0) is 22.4 Å². The number of H-pyrrole nitrogens is 1. The standard InChI is InChI=1S/C24H25FN6O5S/c1-2-31(37(34)35)19-12-18(29-7-9-36-10-8-29)14-30-23(19)28-20(21(32)24(30)33)22-26-13-17(27-22)11-15-3-5-16(25)6-4-15/h3-6,12-14,32H,2,7-11H2,1H3,(H,26,27)(H,34,35). The minimum atomic E-state index is -2.38. The number of nitrogens with one attached hydrogen (secondary N) is 1. The van der Waals surface area contributed by atoms with Crippen LogP contribution < -0.4 is 14.8 Å². The van der Waals surface area contributed by atoms with Crippen molar-refractivity contribution in [3.05, 3.63) is 70.2 Å². The van der Waals surface area contributed by atoms with Gasteiger partial charge in [0.05, 0.1) is 24.6 Å². The fourth-order valence-electron chi connectivity index (χ4n) is 4.30. The predicted octanol–water partition coefficient (Wildman–Crippen LogP) is 2.32. The number of aromatic nitrogens is 4. The molecule has 0 saturated carbocycles. The monoisotopic (exact) mass is 528 g/mol. The molecule has 0 amide bonds. The molecule has 1 fully saturated rings. The molecule has 13 heteroatoms. The van der Waals surface area contributed by atoms with E-state index in [2.05, 4.69) is 15.0 Å². The molecule has 0 aliphatic carbocycles. The molecule has 1 saturated heterocycles. The van der Waals surface area contributed by atoms with Crippen molar-refractivity contribution in [3.63, 3.8) is 0 Å². The number of aromatic amines is 1. The van der Waals surface area contributed by atoms with Crippen molar-refractivity contribution in [1.29, 1.82) is 0 Å². The normalized spacial score (nSPS) is 14.7. The van der Waals surface area contributed by atoms with Crippen LogP contribution in [0.4, 0.5) is 15.8 Å². The molecular weight excluding hydrogens is 503 g/mol. The Labute approximate surface area is 213 Å². The van der Waals surface area contributed by atoms with E-state index in [4.69, 9.17) is 4.74 Å². The summed E-state index contributed by atoms with van der Waals surface area (Å²) in [6, 6.07) is 7.73. The molecule has 4 aromatic rings. The maximum absolute atomic E-state index is 13.3. The SMILES string of the molecule is CCN(c1cc(N2CCOCC2)cn2c(=O)c(O)c(-c3ncc(Cc4ccc(F)cc4)[nH]3)nc12)S(=O)O. The lowest BCUT2D eigenvalue weighted by Crippen LogP contribution is -2.37. The highest BCUT2D eigenvalue weighted by molar-refractivity contribution is 7.80. The summed E-state index contributed by atoms with van der Waals surface area (Å²) in [6.07, 6.45) is 3.52. The fourth-order valence-corrected chi connectivity index (χ4v) is 4.82. The van der Waals surface area contributed by atoms with Crippen LogP contribution in [0.1, 0.15) is 18.2 Å². The van der Waals surface area contributed by atoms with Gasteiger partial charge in [-0.2, -0.15) is 0 Å². The van der Waals surface area contributed by atoms with E-state index in [1.54, 1.807) is 37.5 Å². The molecule has 1 aliphatic heterocycles. The number of hydrogen-bond donors (Lipinski definition) is 3. The molecule has 5 rings (SSSR count). The van der Waals surface area contributed by atoms with E-state index in [0.29, 0.717) is 44.1 Å². The quantitative estimate of drug-likeness (QED) is 0.311. The van der Waals surface area contributed by atoms with Crippen molar-refractivity contribution in [3.8, 4) is 17.3 Å². The zero-order valence-corrected chi connectivity index (χ0v) is 20.7. The minimum absolute atomic E-state index is 0.0875. The van der Waals surface area contributed by atoms with Crippen LogP contribution in [-0.4, -0.2) is 66.1 Å². The first-order chi connectivity index (χ1) is 17.9. The van der Waals surface area contributed by atoms with Gasteiger partial charge in [0, 0.05) is 44.1 Å². The third-order valence-corrected chi connectivity index (χ3v) is 6.98. The van der Waals surface area contributed by atoms with Crippen molar-refractivity contribution in [2.75, 3.05) is 42.1 Å². The second-order valence-electron chi connectivity index (χ2n) is 8.48. The Morgan fingerprint density at radius 1 is 1.24 bits per heavy atom. The van der Waals surface area contributed by atoms with Gasteiger partial charge in [0.15, 0.2) is 17.2 Å². The predicted molar refractivity (Wildman–Crippen MR) is 137 cm³/mol. The van der Waals surface area contributed by atoms with Crippen molar-refractivity contribution in [1.82, 2.24) is 19.4 Å². The number of morpholine rings is 1. The van der Waals surface area contributed by atoms with Gasteiger partial charge in [0.1, 0.15) is 5.82 Å². The molecule has 3 aromatic heterocycles. The zero-order chi connectivity index (χ0) is 26.1. The number of benzene rings is 1. The fraction of sp³-hybridized carbons (Fsp3) is 0.292. The molecular formula is C24H25FN6O5S. The third kappa shape index (κ3) is 4.92. The van der Waals surface area contributed by atoms with Crippen molar-refractivity contribution in [2.45, 2.75) is 13.3 Å². The summed E-state index contributed by atoms with van der Waals surface area (Å²) in [6.45, 7) is 4.04. The Hall–Kier alpha value is -3.81. The van der Waals surface area contributed by atoms with Crippen LogP contribution in [0.25, 0.3) is 17.2 Å². The molecule has 0 radical (unpaired) electrons. The highest BCUT2D eigenvalue weighted by Gasteiger charge is 2.24. The molecule has 11 nitrogen and oxygen atoms in total. The van der Waals surface area contributed by atoms with Crippen LogP contribution in [0, 0.1) is 5.82 Å². The Balaban J connectivity index is 1.62. The van der Waals surface area contributed by atoms with Gasteiger partial charge in [-0.3, -0.25) is 18.1 Å². The van der Waals surface area contributed by atoms with Crippen LogP contribution in [0.5, 0.6) is 5.75 Å². The number of aromatic hydroxyl groups is 1. The molecule has 4 heterocycles. The summed E-state index contributed by atoms with van der Waals surface area (Å²) in [5, 5.41) is 10.8. The summed E-state index contributed by atoms with van der Waals surface area (Å²) < 4.78 is 43.1. The number of halogens is 1. The van der Waals surface area contributed by atoms with E-state index in [-0.39, 0.29) is 35.2 Å². The first-order valence-electron chi connectivity index (χ1n) is 11.6. The van der Waals surface area contributed by atoms with Crippen LogP contribution in [0.3, 0.4) is 0 Å². The van der Waals surface area contributed by atoms with E-state index in [9.17, 15) is 23.1 Å². The average molecular weight is 529 g/mol. The topological polar surface area (TPSA) is 136 Å². The van der Waals surface area contributed by atoms with Crippen LogP contribution in [0.2, 0.25) is 0 Å².